The van der Waals surface area contributed by atoms with Gasteiger partial charge in [0, 0.05) is 18.6 Å². The molecule has 0 aliphatic heterocycles. The quantitative estimate of drug-likeness (QED) is 0.754. The zero-order chi connectivity index (χ0) is 15.5. The highest BCUT2D eigenvalue weighted by Crippen LogP contribution is 2.26. The lowest BCUT2D eigenvalue weighted by Crippen LogP contribution is -2.41. The van der Waals surface area contributed by atoms with E-state index in [1.54, 1.807) is 24.3 Å². The smallest absolute Gasteiger partial charge is 0.215 e. The first-order valence-corrected chi connectivity index (χ1v) is 8.94. The summed E-state index contributed by atoms with van der Waals surface area (Å²) in [6.07, 6.45) is 2.42. The van der Waals surface area contributed by atoms with Gasteiger partial charge in [0.2, 0.25) is 10.0 Å². The van der Waals surface area contributed by atoms with E-state index in [0.717, 1.165) is 5.56 Å². The molecule has 2 rings (SSSR count). The summed E-state index contributed by atoms with van der Waals surface area (Å²) in [6, 6.07) is 7.83. The molecule has 0 spiro atoms. The third-order valence-corrected chi connectivity index (χ3v) is 5.27. The number of hydrogen-bond donors (Lipinski definition) is 2. The van der Waals surface area contributed by atoms with Crippen LogP contribution in [0.3, 0.4) is 0 Å². The molecule has 1 saturated carbocycles. The predicted octanol–water partition coefficient (Wildman–Crippen LogP) is 1.08. The first-order valence-electron chi connectivity index (χ1n) is 7.29. The van der Waals surface area contributed by atoms with Crippen LogP contribution >= 0.6 is 0 Å². The Morgan fingerprint density at radius 2 is 2.05 bits per heavy atom. The second kappa shape index (κ2) is 6.87. The van der Waals surface area contributed by atoms with E-state index in [1.807, 2.05) is 14.0 Å². The summed E-state index contributed by atoms with van der Waals surface area (Å²) in [5, 5.41) is 9.08. The van der Waals surface area contributed by atoms with Gasteiger partial charge >= 0.3 is 0 Å². The van der Waals surface area contributed by atoms with Crippen molar-refractivity contribution in [3.8, 4) is 0 Å². The van der Waals surface area contributed by atoms with E-state index in [2.05, 4.69) is 9.62 Å². The number of aliphatic hydroxyl groups is 1. The number of benzene rings is 1. The average molecular weight is 312 g/mol. The highest BCUT2D eigenvalue weighted by molar-refractivity contribution is 7.88. The maximum atomic E-state index is 12.1. The standard InChI is InChI=1S/C15H24N2O3S/c1-12(17(2)15-6-7-15)9-16-21(19,20)11-14-5-3-4-13(8-14)10-18/h3-5,8,12,15-16,18H,6-7,9-11H2,1-2H3. The molecule has 5 nitrogen and oxygen atoms in total. The molecule has 0 saturated heterocycles. The zero-order valence-corrected chi connectivity index (χ0v) is 13.4. The molecule has 0 amide bonds. The van der Waals surface area contributed by atoms with Gasteiger partial charge in [-0.3, -0.25) is 4.90 Å². The predicted molar refractivity (Wildman–Crippen MR) is 83.2 cm³/mol. The Morgan fingerprint density at radius 3 is 2.67 bits per heavy atom. The van der Waals surface area contributed by atoms with E-state index >= 15 is 0 Å². The first-order chi connectivity index (χ1) is 9.91. The minimum absolute atomic E-state index is 0.0549. The number of sulfonamides is 1. The van der Waals surface area contributed by atoms with Crippen molar-refractivity contribution in [3.63, 3.8) is 0 Å². The van der Waals surface area contributed by atoms with E-state index in [9.17, 15) is 8.42 Å². The maximum Gasteiger partial charge on any atom is 0.215 e. The van der Waals surface area contributed by atoms with Crippen molar-refractivity contribution in [1.82, 2.24) is 9.62 Å². The summed E-state index contributed by atoms with van der Waals surface area (Å²) in [6.45, 7) is 2.38. The fourth-order valence-electron chi connectivity index (χ4n) is 2.32. The van der Waals surface area contributed by atoms with Crippen LogP contribution in [-0.2, 0) is 22.4 Å². The van der Waals surface area contributed by atoms with Crippen LogP contribution in [0.15, 0.2) is 24.3 Å². The topological polar surface area (TPSA) is 69.6 Å². The van der Waals surface area contributed by atoms with Crippen molar-refractivity contribution in [2.75, 3.05) is 13.6 Å². The van der Waals surface area contributed by atoms with Crippen LogP contribution in [-0.4, -0.2) is 44.1 Å². The highest BCUT2D eigenvalue weighted by atomic mass is 32.2. The largest absolute Gasteiger partial charge is 0.392 e. The third-order valence-electron chi connectivity index (χ3n) is 3.95. The maximum absolute atomic E-state index is 12.1. The van der Waals surface area contributed by atoms with Crippen molar-refractivity contribution in [3.05, 3.63) is 35.4 Å². The molecule has 1 fully saturated rings. The molecule has 2 N–H and O–H groups in total. The van der Waals surface area contributed by atoms with Crippen molar-refractivity contribution in [1.29, 1.82) is 0 Å². The fourth-order valence-corrected chi connectivity index (χ4v) is 3.54. The van der Waals surface area contributed by atoms with Crippen LogP contribution in [0.25, 0.3) is 0 Å². The monoisotopic (exact) mass is 312 g/mol. The lowest BCUT2D eigenvalue weighted by atomic mass is 10.1. The molecule has 1 aromatic carbocycles. The van der Waals surface area contributed by atoms with Crippen LogP contribution in [0, 0.1) is 0 Å². The number of nitrogens with one attached hydrogen (secondary N) is 1. The van der Waals surface area contributed by atoms with Gasteiger partial charge in [0.05, 0.1) is 12.4 Å². The summed E-state index contributed by atoms with van der Waals surface area (Å²) in [5.41, 5.74) is 1.42. The van der Waals surface area contributed by atoms with E-state index in [4.69, 9.17) is 5.11 Å². The van der Waals surface area contributed by atoms with Gasteiger partial charge in [0.1, 0.15) is 0 Å². The van der Waals surface area contributed by atoms with Gasteiger partial charge in [-0.15, -0.1) is 0 Å². The molecule has 1 unspecified atom stereocenters. The van der Waals surface area contributed by atoms with Crippen molar-refractivity contribution in [2.45, 2.75) is 44.2 Å². The van der Waals surface area contributed by atoms with E-state index < -0.39 is 10.0 Å². The van der Waals surface area contributed by atoms with Crippen LogP contribution in [0.1, 0.15) is 30.9 Å². The molecule has 1 aliphatic rings. The zero-order valence-electron chi connectivity index (χ0n) is 12.6. The number of likely N-dealkylation sites (N-methyl/N-ethyl adjacent to an activating group) is 1. The lowest BCUT2D eigenvalue weighted by molar-refractivity contribution is 0.248. The molecule has 21 heavy (non-hydrogen) atoms. The van der Waals surface area contributed by atoms with Gasteiger partial charge in [-0.2, -0.15) is 0 Å². The highest BCUT2D eigenvalue weighted by Gasteiger charge is 2.29. The Morgan fingerprint density at radius 1 is 1.38 bits per heavy atom. The lowest BCUT2D eigenvalue weighted by Gasteiger charge is -2.24. The second-order valence-electron chi connectivity index (χ2n) is 5.83. The Balaban J connectivity index is 1.88. The molecule has 118 valence electrons. The van der Waals surface area contributed by atoms with Gasteiger partial charge in [-0.25, -0.2) is 13.1 Å². The third kappa shape index (κ3) is 5.07. The Hall–Kier alpha value is -0.950. The molecule has 0 heterocycles. The molecule has 1 aromatic rings. The van der Waals surface area contributed by atoms with Crippen LogP contribution in [0.2, 0.25) is 0 Å². The Bertz CT molecular complexity index is 570. The number of nitrogens with zero attached hydrogens (tertiary/aromatic N) is 1. The minimum atomic E-state index is -3.35. The molecule has 1 atom stereocenters. The molecule has 0 radical (unpaired) electrons. The normalized spacial score (nSPS) is 17.1. The second-order valence-corrected chi connectivity index (χ2v) is 7.64. The van der Waals surface area contributed by atoms with Crippen molar-refractivity contribution >= 4 is 10.0 Å². The molecule has 0 aromatic heterocycles. The van der Waals surface area contributed by atoms with E-state index in [0.29, 0.717) is 18.2 Å². The van der Waals surface area contributed by atoms with E-state index in [-0.39, 0.29) is 18.4 Å². The van der Waals surface area contributed by atoms with Gasteiger partial charge < -0.3 is 5.11 Å². The number of rotatable bonds is 8. The summed E-state index contributed by atoms with van der Waals surface area (Å²) in [5.74, 6) is -0.0549. The van der Waals surface area contributed by atoms with Crippen molar-refractivity contribution < 1.29 is 13.5 Å². The summed E-state index contributed by atoms with van der Waals surface area (Å²) in [7, 11) is -1.31. The summed E-state index contributed by atoms with van der Waals surface area (Å²) in [4.78, 5) is 2.23. The number of hydrogen-bond acceptors (Lipinski definition) is 4. The van der Waals surface area contributed by atoms with Crippen molar-refractivity contribution in [2.24, 2.45) is 0 Å². The van der Waals surface area contributed by atoms with Gasteiger partial charge in [-0.1, -0.05) is 24.3 Å². The van der Waals surface area contributed by atoms with Gasteiger partial charge in [-0.05, 0) is 37.9 Å². The molecule has 0 bridgehead atoms. The van der Waals surface area contributed by atoms with Crippen LogP contribution in [0.4, 0.5) is 0 Å². The Labute approximate surface area is 127 Å². The first kappa shape index (κ1) is 16.4. The molecular formula is C15H24N2O3S. The SMILES string of the molecule is CC(CNS(=O)(=O)Cc1cccc(CO)c1)N(C)C1CC1. The van der Waals surface area contributed by atoms with E-state index in [1.165, 1.54) is 12.8 Å². The summed E-state index contributed by atoms with van der Waals surface area (Å²) >= 11 is 0. The summed E-state index contributed by atoms with van der Waals surface area (Å²) < 4.78 is 26.9. The number of aliphatic hydroxyl groups excluding tert-OH is 1. The minimum Gasteiger partial charge on any atom is -0.392 e. The molecule has 1 aliphatic carbocycles. The van der Waals surface area contributed by atoms with Gasteiger partial charge in [0.25, 0.3) is 0 Å². The van der Waals surface area contributed by atoms with Crippen LogP contribution in [0.5, 0.6) is 0 Å². The van der Waals surface area contributed by atoms with Gasteiger partial charge in [0.15, 0.2) is 0 Å². The molecular weight excluding hydrogens is 288 g/mol. The Kier molecular flexibility index (Phi) is 5.37. The van der Waals surface area contributed by atoms with Crippen LogP contribution < -0.4 is 4.72 Å². The fraction of sp³-hybridized carbons (Fsp3) is 0.600. The molecule has 6 heteroatoms. The average Bonchev–Trinajstić information content (AvgIpc) is 3.28.